The lowest BCUT2D eigenvalue weighted by molar-refractivity contribution is -0.142. The average molecular weight is 263 g/mol. The van der Waals surface area contributed by atoms with E-state index in [-0.39, 0.29) is 18.1 Å². The maximum Gasteiger partial charge on any atom is 0.323 e. The highest BCUT2D eigenvalue weighted by Gasteiger charge is 2.31. The maximum absolute atomic E-state index is 11.4. The van der Waals surface area contributed by atoms with E-state index in [2.05, 4.69) is 31.3 Å². The fourth-order valence-electron chi connectivity index (χ4n) is 2.25. The predicted octanol–water partition coefficient (Wildman–Crippen LogP) is 2.09. The van der Waals surface area contributed by atoms with E-state index in [0.29, 0.717) is 18.9 Å². The first kappa shape index (κ1) is 13.9. The van der Waals surface area contributed by atoms with Crippen molar-refractivity contribution in [3.05, 3.63) is 29.8 Å². The third-order valence-corrected chi connectivity index (χ3v) is 3.40. The molecule has 4 heteroatoms. The van der Waals surface area contributed by atoms with E-state index in [9.17, 15) is 4.79 Å². The molecule has 2 atom stereocenters. The average Bonchev–Trinajstić information content (AvgIpc) is 2.86. The number of methoxy groups -OCH3 is 1. The molecule has 1 fully saturated rings. The molecule has 1 aromatic rings. The van der Waals surface area contributed by atoms with Gasteiger partial charge in [-0.3, -0.25) is 4.79 Å². The molecule has 0 bridgehead atoms. The molecule has 0 saturated carbocycles. The molecule has 0 amide bonds. The van der Waals surface area contributed by atoms with Crippen molar-refractivity contribution in [2.24, 2.45) is 0 Å². The van der Waals surface area contributed by atoms with Crippen LogP contribution in [0.25, 0.3) is 0 Å². The molecular formula is C15H21NO3. The van der Waals surface area contributed by atoms with Gasteiger partial charge >= 0.3 is 5.97 Å². The Hall–Kier alpha value is -1.55. The molecule has 1 N–H and O–H groups in total. The Bertz CT molecular complexity index is 445. The van der Waals surface area contributed by atoms with Gasteiger partial charge < -0.3 is 14.8 Å². The molecule has 0 aliphatic carbocycles. The first-order chi connectivity index (χ1) is 9.10. The van der Waals surface area contributed by atoms with Crippen LogP contribution in [0.3, 0.4) is 0 Å². The summed E-state index contributed by atoms with van der Waals surface area (Å²) < 4.78 is 10.6. The van der Waals surface area contributed by atoms with Gasteiger partial charge in [-0.15, -0.1) is 0 Å². The Balaban J connectivity index is 1.95. The summed E-state index contributed by atoms with van der Waals surface area (Å²) in [5, 5.41) is 3.12. The minimum Gasteiger partial charge on any atom is -0.489 e. The van der Waals surface area contributed by atoms with Crippen molar-refractivity contribution >= 4 is 5.97 Å². The van der Waals surface area contributed by atoms with Crippen molar-refractivity contribution in [2.75, 3.05) is 13.7 Å². The van der Waals surface area contributed by atoms with Gasteiger partial charge in [-0.05, 0) is 23.6 Å². The monoisotopic (exact) mass is 263 g/mol. The molecule has 2 rings (SSSR count). The molecule has 0 spiro atoms. The van der Waals surface area contributed by atoms with Crippen molar-refractivity contribution in [3.8, 4) is 5.75 Å². The summed E-state index contributed by atoms with van der Waals surface area (Å²) in [5.74, 6) is 1.12. The summed E-state index contributed by atoms with van der Waals surface area (Å²) in [7, 11) is 1.41. The largest absolute Gasteiger partial charge is 0.489 e. The Labute approximate surface area is 114 Å². The van der Waals surface area contributed by atoms with Gasteiger partial charge in [0.05, 0.1) is 7.11 Å². The van der Waals surface area contributed by atoms with Crippen LogP contribution < -0.4 is 10.1 Å². The number of carbonyl (C=O) groups is 1. The zero-order valence-corrected chi connectivity index (χ0v) is 11.7. The number of ether oxygens (including phenoxy) is 2. The minimum absolute atomic E-state index is 0.0199. The zero-order valence-electron chi connectivity index (χ0n) is 11.7. The third-order valence-electron chi connectivity index (χ3n) is 3.40. The topological polar surface area (TPSA) is 47.6 Å². The van der Waals surface area contributed by atoms with Gasteiger partial charge in [-0.25, -0.2) is 0 Å². The Morgan fingerprint density at radius 2 is 2.21 bits per heavy atom. The van der Waals surface area contributed by atoms with Crippen molar-refractivity contribution in [1.29, 1.82) is 0 Å². The van der Waals surface area contributed by atoms with Crippen LogP contribution >= 0.6 is 0 Å². The molecule has 1 saturated heterocycles. The number of carbonyl (C=O) groups excluding carboxylic acids is 1. The summed E-state index contributed by atoms with van der Waals surface area (Å²) in [4.78, 5) is 11.4. The molecule has 19 heavy (non-hydrogen) atoms. The SMILES string of the molecule is COC(=O)[C@H]1C[C@@H](Oc2cccc(C(C)C)c2)CN1. The van der Waals surface area contributed by atoms with Crippen molar-refractivity contribution in [2.45, 2.75) is 38.3 Å². The van der Waals surface area contributed by atoms with E-state index in [1.807, 2.05) is 12.1 Å². The maximum atomic E-state index is 11.4. The van der Waals surface area contributed by atoms with E-state index in [1.165, 1.54) is 12.7 Å². The van der Waals surface area contributed by atoms with Crippen molar-refractivity contribution in [1.82, 2.24) is 5.32 Å². The highest BCUT2D eigenvalue weighted by atomic mass is 16.5. The van der Waals surface area contributed by atoms with Crippen LogP contribution in [0.5, 0.6) is 5.75 Å². The first-order valence-corrected chi connectivity index (χ1v) is 6.68. The summed E-state index contributed by atoms with van der Waals surface area (Å²) in [6.07, 6.45) is 0.671. The van der Waals surface area contributed by atoms with E-state index >= 15 is 0 Å². The molecule has 4 nitrogen and oxygen atoms in total. The molecule has 1 aliphatic rings. The summed E-state index contributed by atoms with van der Waals surface area (Å²) in [5.41, 5.74) is 1.26. The van der Waals surface area contributed by atoms with Crippen LogP contribution in [0.1, 0.15) is 31.7 Å². The van der Waals surface area contributed by atoms with Crippen LogP contribution in [-0.4, -0.2) is 31.8 Å². The number of hydrogen-bond acceptors (Lipinski definition) is 4. The van der Waals surface area contributed by atoms with Crippen LogP contribution in [-0.2, 0) is 9.53 Å². The molecule has 1 aromatic carbocycles. The van der Waals surface area contributed by atoms with E-state index in [1.54, 1.807) is 0 Å². The standard InChI is InChI=1S/C15H21NO3/c1-10(2)11-5-4-6-12(7-11)19-13-8-14(16-9-13)15(17)18-3/h4-7,10,13-14,16H,8-9H2,1-3H3/t13-,14-/m1/s1. The highest BCUT2D eigenvalue weighted by molar-refractivity contribution is 5.76. The molecule has 0 aromatic heterocycles. The van der Waals surface area contributed by atoms with Gasteiger partial charge in [0.2, 0.25) is 0 Å². The first-order valence-electron chi connectivity index (χ1n) is 6.68. The zero-order chi connectivity index (χ0) is 13.8. The van der Waals surface area contributed by atoms with E-state index in [4.69, 9.17) is 9.47 Å². The quantitative estimate of drug-likeness (QED) is 0.845. The summed E-state index contributed by atoms with van der Waals surface area (Å²) in [6, 6.07) is 7.88. The van der Waals surface area contributed by atoms with E-state index in [0.717, 1.165) is 5.75 Å². The Morgan fingerprint density at radius 1 is 1.42 bits per heavy atom. The molecule has 1 aliphatic heterocycles. The van der Waals surface area contributed by atoms with Crippen molar-refractivity contribution < 1.29 is 14.3 Å². The lowest BCUT2D eigenvalue weighted by Gasteiger charge is -2.14. The third kappa shape index (κ3) is 3.47. The van der Waals surface area contributed by atoms with Gasteiger partial charge in [0, 0.05) is 13.0 Å². The van der Waals surface area contributed by atoms with Gasteiger partial charge in [-0.2, -0.15) is 0 Å². The highest BCUT2D eigenvalue weighted by Crippen LogP contribution is 2.23. The summed E-state index contributed by atoms with van der Waals surface area (Å²) >= 11 is 0. The fraction of sp³-hybridized carbons (Fsp3) is 0.533. The van der Waals surface area contributed by atoms with Gasteiger partial charge in [0.25, 0.3) is 0 Å². The van der Waals surface area contributed by atoms with Crippen LogP contribution in [0.4, 0.5) is 0 Å². The van der Waals surface area contributed by atoms with Crippen molar-refractivity contribution in [3.63, 3.8) is 0 Å². The van der Waals surface area contributed by atoms with Gasteiger partial charge in [0.15, 0.2) is 0 Å². The Kier molecular flexibility index (Phi) is 4.43. The van der Waals surface area contributed by atoms with Crippen LogP contribution in [0.15, 0.2) is 24.3 Å². The normalized spacial score (nSPS) is 22.5. The van der Waals surface area contributed by atoms with E-state index < -0.39 is 0 Å². The number of nitrogens with one attached hydrogen (secondary N) is 1. The molecule has 0 unspecified atom stereocenters. The molecular weight excluding hydrogens is 242 g/mol. The van der Waals surface area contributed by atoms with Crippen LogP contribution in [0.2, 0.25) is 0 Å². The molecule has 104 valence electrons. The molecule has 1 heterocycles. The summed E-state index contributed by atoms with van der Waals surface area (Å²) in [6.45, 7) is 4.98. The Morgan fingerprint density at radius 3 is 2.89 bits per heavy atom. The number of esters is 1. The van der Waals surface area contributed by atoms with Gasteiger partial charge in [0.1, 0.15) is 17.9 Å². The molecule has 0 radical (unpaired) electrons. The lowest BCUT2D eigenvalue weighted by atomic mass is 10.0. The van der Waals surface area contributed by atoms with Crippen LogP contribution in [0, 0.1) is 0 Å². The second-order valence-corrected chi connectivity index (χ2v) is 5.19. The number of benzene rings is 1. The predicted molar refractivity (Wildman–Crippen MR) is 73.4 cm³/mol. The second-order valence-electron chi connectivity index (χ2n) is 5.19. The fourth-order valence-corrected chi connectivity index (χ4v) is 2.25. The lowest BCUT2D eigenvalue weighted by Crippen LogP contribution is -2.31. The van der Waals surface area contributed by atoms with Gasteiger partial charge in [-0.1, -0.05) is 26.0 Å². The minimum atomic E-state index is -0.247. The smallest absolute Gasteiger partial charge is 0.323 e. The second kappa shape index (κ2) is 6.06. The number of hydrogen-bond donors (Lipinski definition) is 1. The number of rotatable bonds is 4.